The largest absolute Gasteiger partial charge is 0.480 e. The molecule has 0 bridgehead atoms. The lowest BCUT2D eigenvalue weighted by molar-refractivity contribution is -0.142. The van der Waals surface area contributed by atoms with Gasteiger partial charge < -0.3 is 19.7 Å². The van der Waals surface area contributed by atoms with E-state index in [1.165, 1.54) is 0 Å². The van der Waals surface area contributed by atoms with Crippen LogP contribution in [0.1, 0.15) is 18.6 Å². The maximum atomic E-state index is 12.1. The minimum atomic E-state index is -1.40. The van der Waals surface area contributed by atoms with Crippen molar-refractivity contribution in [1.82, 2.24) is 15.4 Å². The van der Waals surface area contributed by atoms with E-state index in [9.17, 15) is 9.90 Å². The number of hydrogen-bond acceptors (Lipinski definition) is 6. The molecule has 2 heterocycles. The third-order valence-electron chi connectivity index (χ3n) is 4.45. The minimum Gasteiger partial charge on any atom is -0.480 e. The summed E-state index contributed by atoms with van der Waals surface area (Å²) in [7, 11) is 5.32. The molecule has 0 spiro atoms. The van der Waals surface area contributed by atoms with Crippen LogP contribution in [0.5, 0.6) is 5.88 Å². The zero-order valence-corrected chi connectivity index (χ0v) is 17.4. The number of carbonyl (C=O) groups excluding carboxylic acids is 1. The Kier molecular flexibility index (Phi) is 6.26. The average Bonchev–Trinajstić information content (AvgIpc) is 3.12. The first-order valence-electron chi connectivity index (χ1n) is 9.00. The Hall–Kier alpha value is -2.81. The highest BCUT2D eigenvalue weighted by atomic mass is 35.5. The standard InChI is InChI=1S/C20H23ClN4O4/c1-5-29-24-19(27)18(26)14-10-22-16-9-15(21)12(8-13(14)16)11-6-7-17(25(2)3)23-20(11)28-4/h6-10,18,22,26H,5H2,1-4H3,(H,24,27). The first kappa shape index (κ1) is 20.9. The van der Waals surface area contributed by atoms with Gasteiger partial charge in [0.15, 0.2) is 6.10 Å². The van der Waals surface area contributed by atoms with Crippen molar-refractivity contribution >= 4 is 34.2 Å². The molecule has 9 heteroatoms. The third kappa shape index (κ3) is 4.14. The Bertz CT molecular complexity index is 1030. The molecule has 1 atom stereocenters. The van der Waals surface area contributed by atoms with Gasteiger partial charge in [0.05, 0.1) is 18.7 Å². The molecule has 8 nitrogen and oxygen atoms in total. The highest BCUT2D eigenvalue weighted by molar-refractivity contribution is 6.34. The number of carbonyl (C=O) groups is 1. The second kappa shape index (κ2) is 8.69. The summed E-state index contributed by atoms with van der Waals surface area (Å²) in [5.41, 5.74) is 4.68. The van der Waals surface area contributed by atoms with Crippen molar-refractivity contribution in [2.24, 2.45) is 0 Å². The van der Waals surface area contributed by atoms with E-state index >= 15 is 0 Å². The first-order valence-corrected chi connectivity index (χ1v) is 9.38. The van der Waals surface area contributed by atoms with Crippen molar-refractivity contribution in [2.45, 2.75) is 13.0 Å². The smallest absolute Gasteiger partial charge is 0.277 e. The molecule has 1 aromatic carbocycles. The van der Waals surface area contributed by atoms with Gasteiger partial charge in [-0.25, -0.2) is 5.48 Å². The predicted octanol–water partition coefficient (Wildman–Crippen LogP) is 3.06. The van der Waals surface area contributed by atoms with Crippen molar-refractivity contribution in [3.05, 3.63) is 41.0 Å². The zero-order chi connectivity index (χ0) is 21.1. The number of nitrogens with one attached hydrogen (secondary N) is 2. The van der Waals surface area contributed by atoms with Crippen molar-refractivity contribution in [1.29, 1.82) is 0 Å². The minimum absolute atomic E-state index is 0.293. The molecule has 0 saturated heterocycles. The normalized spacial score (nSPS) is 12.1. The Morgan fingerprint density at radius 1 is 1.34 bits per heavy atom. The summed E-state index contributed by atoms with van der Waals surface area (Å²) >= 11 is 6.51. The highest BCUT2D eigenvalue weighted by Gasteiger charge is 2.23. The Morgan fingerprint density at radius 2 is 2.10 bits per heavy atom. The fourth-order valence-corrected chi connectivity index (χ4v) is 3.24. The maximum absolute atomic E-state index is 12.1. The number of methoxy groups -OCH3 is 1. The van der Waals surface area contributed by atoms with Gasteiger partial charge >= 0.3 is 0 Å². The molecule has 0 fully saturated rings. The lowest BCUT2D eigenvalue weighted by atomic mass is 10.0. The van der Waals surface area contributed by atoms with Crippen LogP contribution in [0.25, 0.3) is 22.0 Å². The van der Waals surface area contributed by atoms with Gasteiger partial charge in [-0.15, -0.1) is 0 Å². The van der Waals surface area contributed by atoms with E-state index in [1.54, 1.807) is 32.4 Å². The number of hydrogen-bond donors (Lipinski definition) is 3. The van der Waals surface area contributed by atoms with Crippen LogP contribution >= 0.6 is 11.6 Å². The molecule has 2 aromatic heterocycles. The molecule has 0 aliphatic carbocycles. The monoisotopic (exact) mass is 418 g/mol. The van der Waals surface area contributed by atoms with Crippen LogP contribution in [0.3, 0.4) is 0 Å². The van der Waals surface area contributed by atoms with E-state index in [0.29, 0.717) is 45.1 Å². The van der Waals surface area contributed by atoms with Crippen LogP contribution in [-0.4, -0.2) is 48.8 Å². The van der Waals surface area contributed by atoms with Crippen LogP contribution in [0.15, 0.2) is 30.5 Å². The van der Waals surface area contributed by atoms with Gasteiger partial charge in [0.25, 0.3) is 5.91 Å². The van der Waals surface area contributed by atoms with Gasteiger partial charge in [-0.05, 0) is 31.2 Å². The average molecular weight is 419 g/mol. The number of aliphatic hydroxyl groups is 1. The number of amides is 1. The molecular formula is C20H23ClN4O4. The summed E-state index contributed by atoms with van der Waals surface area (Å²) < 4.78 is 5.47. The number of rotatable bonds is 7. The number of anilines is 1. The SMILES string of the molecule is CCONC(=O)C(O)c1c[nH]c2cc(Cl)c(-c3ccc(N(C)C)nc3OC)cc12. The molecule has 0 aliphatic rings. The first-order chi connectivity index (χ1) is 13.9. The lowest BCUT2D eigenvalue weighted by Crippen LogP contribution is -2.29. The number of ether oxygens (including phenoxy) is 1. The molecule has 3 aromatic rings. The van der Waals surface area contributed by atoms with Crippen molar-refractivity contribution < 1.29 is 19.5 Å². The molecule has 3 N–H and O–H groups in total. The van der Waals surface area contributed by atoms with E-state index in [2.05, 4.69) is 15.4 Å². The second-order valence-corrected chi connectivity index (χ2v) is 6.95. The number of benzene rings is 1. The zero-order valence-electron chi connectivity index (χ0n) is 16.6. The van der Waals surface area contributed by atoms with Crippen LogP contribution < -0.4 is 15.1 Å². The van der Waals surface area contributed by atoms with E-state index in [4.69, 9.17) is 21.2 Å². The third-order valence-corrected chi connectivity index (χ3v) is 4.76. The number of hydroxylamine groups is 1. The number of nitrogens with zero attached hydrogens (tertiary/aromatic N) is 2. The maximum Gasteiger partial charge on any atom is 0.277 e. The summed E-state index contributed by atoms with van der Waals surface area (Å²) in [5, 5.41) is 11.6. The van der Waals surface area contributed by atoms with Gasteiger partial charge in [-0.3, -0.25) is 9.63 Å². The predicted molar refractivity (Wildman–Crippen MR) is 112 cm³/mol. The topological polar surface area (TPSA) is 99.7 Å². The Balaban J connectivity index is 2.09. The molecule has 3 rings (SSSR count). The molecule has 154 valence electrons. The van der Waals surface area contributed by atoms with Crippen LogP contribution in [0.4, 0.5) is 5.82 Å². The quantitative estimate of drug-likeness (QED) is 0.510. The fourth-order valence-electron chi connectivity index (χ4n) is 2.98. The fraction of sp³-hybridized carbons (Fsp3) is 0.300. The van der Waals surface area contributed by atoms with Crippen LogP contribution in [0, 0.1) is 0 Å². The van der Waals surface area contributed by atoms with Crippen LogP contribution in [0.2, 0.25) is 5.02 Å². The van der Waals surface area contributed by atoms with E-state index in [1.807, 2.05) is 31.1 Å². The second-order valence-electron chi connectivity index (χ2n) is 6.54. The summed E-state index contributed by atoms with van der Waals surface area (Å²) in [6.45, 7) is 2.03. The van der Waals surface area contributed by atoms with Gasteiger partial charge in [-0.2, -0.15) is 4.98 Å². The summed E-state index contributed by atoms with van der Waals surface area (Å²) in [5.74, 6) is 0.510. The summed E-state index contributed by atoms with van der Waals surface area (Å²) in [6.07, 6.45) is 0.173. The highest BCUT2D eigenvalue weighted by Crippen LogP contribution is 2.39. The summed E-state index contributed by atoms with van der Waals surface area (Å²) in [6, 6.07) is 7.28. The van der Waals surface area contributed by atoms with E-state index < -0.39 is 12.0 Å². The lowest BCUT2D eigenvalue weighted by Gasteiger charge is -2.16. The molecule has 0 aliphatic heterocycles. The Labute approximate surface area is 173 Å². The molecule has 0 saturated carbocycles. The van der Waals surface area contributed by atoms with E-state index in [0.717, 1.165) is 5.82 Å². The van der Waals surface area contributed by atoms with Crippen molar-refractivity contribution in [3.63, 3.8) is 0 Å². The molecule has 1 unspecified atom stereocenters. The summed E-state index contributed by atoms with van der Waals surface area (Å²) in [4.78, 5) is 26.4. The van der Waals surface area contributed by atoms with Gasteiger partial charge in [-0.1, -0.05) is 11.6 Å². The number of fused-ring (bicyclic) bond motifs is 1. The number of aliphatic hydroxyl groups excluding tert-OH is 1. The van der Waals surface area contributed by atoms with Gasteiger partial charge in [0, 0.05) is 47.9 Å². The van der Waals surface area contributed by atoms with Crippen molar-refractivity contribution in [2.75, 3.05) is 32.7 Å². The van der Waals surface area contributed by atoms with E-state index in [-0.39, 0.29) is 0 Å². The molecular weight excluding hydrogens is 396 g/mol. The number of aromatic nitrogens is 2. The van der Waals surface area contributed by atoms with Gasteiger partial charge in [0.2, 0.25) is 5.88 Å². The number of H-pyrrole nitrogens is 1. The molecule has 1 amide bonds. The van der Waals surface area contributed by atoms with Gasteiger partial charge in [0.1, 0.15) is 5.82 Å². The van der Waals surface area contributed by atoms with Crippen molar-refractivity contribution in [3.8, 4) is 17.0 Å². The number of aromatic amines is 1. The number of pyridine rings is 1. The number of halogens is 1. The van der Waals surface area contributed by atoms with Crippen LogP contribution in [-0.2, 0) is 9.63 Å². The Morgan fingerprint density at radius 3 is 2.76 bits per heavy atom. The molecule has 29 heavy (non-hydrogen) atoms. The molecule has 0 radical (unpaired) electrons.